The molecule has 0 fully saturated rings. The Hall–Kier alpha value is -3.47. The number of carbonyl (C=O) groups excluding carboxylic acids is 1. The molecule has 1 aliphatic rings. The molecular formula is C24H22O5. The summed E-state index contributed by atoms with van der Waals surface area (Å²) in [6.45, 7) is 0. The predicted molar refractivity (Wildman–Crippen MR) is 109 cm³/mol. The van der Waals surface area contributed by atoms with Crippen LogP contribution in [0.5, 0.6) is 23.0 Å². The van der Waals surface area contributed by atoms with Crippen LogP contribution in [0.4, 0.5) is 0 Å². The van der Waals surface area contributed by atoms with Crippen LogP contribution in [-0.4, -0.2) is 27.1 Å². The van der Waals surface area contributed by atoms with E-state index in [2.05, 4.69) is 0 Å². The van der Waals surface area contributed by atoms with Gasteiger partial charge in [0, 0.05) is 23.3 Å². The van der Waals surface area contributed by atoms with Crippen LogP contribution in [0, 0.1) is 0 Å². The molecule has 29 heavy (non-hydrogen) atoms. The fourth-order valence-corrected chi connectivity index (χ4v) is 3.81. The first kappa shape index (κ1) is 18.9. The molecule has 1 heterocycles. The molecule has 5 heteroatoms. The summed E-state index contributed by atoms with van der Waals surface area (Å²) in [5.74, 6) is 2.07. The molecule has 3 aromatic rings. The first-order chi connectivity index (χ1) is 14.1. The van der Waals surface area contributed by atoms with Crippen LogP contribution in [-0.2, 0) is 5.60 Å². The minimum Gasteiger partial charge on any atom is -0.497 e. The molecule has 0 N–H and O–H groups in total. The fraction of sp³-hybridized carbons (Fsp3) is 0.208. The van der Waals surface area contributed by atoms with Gasteiger partial charge in [-0.15, -0.1) is 0 Å². The van der Waals surface area contributed by atoms with Gasteiger partial charge in [0.1, 0.15) is 28.6 Å². The van der Waals surface area contributed by atoms with Gasteiger partial charge in [-0.25, -0.2) is 0 Å². The number of rotatable bonds is 5. The van der Waals surface area contributed by atoms with E-state index in [0.29, 0.717) is 28.6 Å². The van der Waals surface area contributed by atoms with Gasteiger partial charge in [-0.2, -0.15) is 0 Å². The number of Topliss-reactive ketones (excluding diaryl/α,β-unsaturated/α-hetero) is 1. The second-order valence-electron chi connectivity index (χ2n) is 6.83. The maximum absolute atomic E-state index is 13.3. The molecule has 0 saturated carbocycles. The van der Waals surface area contributed by atoms with Gasteiger partial charge in [-0.05, 0) is 12.1 Å². The lowest BCUT2D eigenvalue weighted by Gasteiger charge is -2.39. The molecule has 4 rings (SSSR count). The largest absolute Gasteiger partial charge is 0.497 e. The summed E-state index contributed by atoms with van der Waals surface area (Å²) in [6, 6.07) is 20.8. The number of ether oxygens (including phenoxy) is 4. The molecule has 0 bridgehead atoms. The van der Waals surface area contributed by atoms with E-state index < -0.39 is 5.60 Å². The van der Waals surface area contributed by atoms with Crippen molar-refractivity contribution in [2.75, 3.05) is 21.3 Å². The normalized spacial score (nSPS) is 17.8. The highest BCUT2D eigenvalue weighted by Crippen LogP contribution is 2.48. The zero-order valence-electron chi connectivity index (χ0n) is 16.6. The predicted octanol–water partition coefficient (Wildman–Crippen LogP) is 4.62. The summed E-state index contributed by atoms with van der Waals surface area (Å²) >= 11 is 0. The van der Waals surface area contributed by atoms with Crippen molar-refractivity contribution in [3.63, 3.8) is 0 Å². The molecule has 5 nitrogen and oxygen atoms in total. The first-order valence-corrected chi connectivity index (χ1v) is 9.29. The lowest BCUT2D eigenvalue weighted by atomic mass is 9.78. The van der Waals surface area contributed by atoms with Crippen molar-refractivity contribution in [2.45, 2.75) is 12.0 Å². The Bertz CT molecular complexity index is 1040. The number of hydrogen-bond acceptors (Lipinski definition) is 5. The van der Waals surface area contributed by atoms with Gasteiger partial charge in [0.2, 0.25) is 0 Å². The van der Waals surface area contributed by atoms with Gasteiger partial charge < -0.3 is 18.9 Å². The number of hydrogen-bond donors (Lipinski definition) is 0. The van der Waals surface area contributed by atoms with E-state index in [0.717, 1.165) is 11.1 Å². The standard InChI is InChI=1S/C24H22O5/c1-26-18-11-7-10-17(12-18)24(16-8-5-4-6-9-16)15-20(25)23-21(28-3)13-19(27-2)14-22(23)29-24/h4-14H,15H2,1-3H3. The smallest absolute Gasteiger partial charge is 0.175 e. The molecule has 0 aromatic heterocycles. The van der Waals surface area contributed by atoms with E-state index in [1.165, 1.54) is 7.11 Å². The first-order valence-electron chi connectivity index (χ1n) is 9.29. The summed E-state index contributed by atoms with van der Waals surface area (Å²) in [5.41, 5.74) is 1.16. The van der Waals surface area contributed by atoms with Crippen LogP contribution in [0.3, 0.4) is 0 Å². The SMILES string of the molecule is COc1cccc(C2(c3ccccc3)CC(=O)c3c(OC)cc(OC)cc3O2)c1. The Morgan fingerprint density at radius 3 is 2.21 bits per heavy atom. The van der Waals surface area contributed by atoms with Crippen molar-refractivity contribution in [3.8, 4) is 23.0 Å². The Kier molecular flexibility index (Phi) is 4.89. The fourth-order valence-electron chi connectivity index (χ4n) is 3.81. The maximum atomic E-state index is 13.3. The van der Waals surface area contributed by atoms with Crippen LogP contribution < -0.4 is 18.9 Å². The quantitative estimate of drug-likeness (QED) is 0.636. The van der Waals surface area contributed by atoms with Gasteiger partial charge in [-0.3, -0.25) is 4.79 Å². The van der Waals surface area contributed by atoms with E-state index in [1.54, 1.807) is 26.4 Å². The van der Waals surface area contributed by atoms with E-state index in [1.807, 2.05) is 54.6 Å². The third kappa shape index (κ3) is 3.18. The summed E-state index contributed by atoms with van der Waals surface area (Å²) < 4.78 is 22.8. The zero-order chi connectivity index (χ0) is 20.4. The highest BCUT2D eigenvalue weighted by atomic mass is 16.5. The number of carbonyl (C=O) groups is 1. The van der Waals surface area contributed by atoms with Crippen molar-refractivity contribution in [3.05, 3.63) is 83.4 Å². The number of fused-ring (bicyclic) bond motifs is 1. The van der Waals surface area contributed by atoms with Gasteiger partial charge >= 0.3 is 0 Å². The summed E-state index contributed by atoms with van der Waals surface area (Å²) in [6.07, 6.45) is 0.139. The van der Waals surface area contributed by atoms with Crippen molar-refractivity contribution in [1.29, 1.82) is 0 Å². The number of methoxy groups -OCH3 is 3. The topological polar surface area (TPSA) is 54.0 Å². The third-order valence-corrected chi connectivity index (χ3v) is 5.24. The van der Waals surface area contributed by atoms with Crippen LogP contribution in [0.15, 0.2) is 66.7 Å². The van der Waals surface area contributed by atoms with Gasteiger partial charge in [0.15, 0.2) is 11.4 Å². The monoisotopic (exact) mass is 390 g/mol. The van der Waals surface area contributed by atoms with Crippen molar-refractivity contribution in [2.24, 2.45) is 0 Å². The minimum atomic E-state index is -0.989. The lowest BCUT2D eigenvalue weighted by molar-refractivity contribution is 0.0608. The van der Waals surface area contributed by atoms with E-state index in [4.69, 9.17) is 18.9 Å². The Morgan fingerprint density at radius 2 is 1.52 bits per heavy atom. The third-order valence-electron chi connectivity index (χ3n) is 5.24. The highest BCUT2D eigenvalue weighted by Gasteiger charge is 2.45. The molecule has 1 atom stereocenters. The van der Waals surface area contributed by atoms with Gasteiger partial charge in [-0.1, -0.05) is 42.5 Å². The summed E-state index contributed by atoms with van der Waals surface area (Å²) in [4.78, 5) is 13.3. The second kappa shape index (κ2) is 7.51. The molecule has 148 valence electrons. The molecule has 3 aromatic carbocycles. The molecule has 0 amide bonds. The van der Waals surface area contributed by atoms with Gasteiger partial charge in [0.25, 0.3) is 0 Å². The zero-order valence-corrected chi connectivity index (χ0v) is 16.6. The Balaban J connectivity index is 1.96. The Morgan fingerprint density at radius 1 is 0.793 bits per heavy atom. The lowest BCUT2D eigenvalue weighted by Crippen LogP contribution is -2.40. The highest BCUT2D eigenvalue weighted by molar-refractivity contribution is 6.03. The average molecular weight is 390 g/mol. The molecular weight excluding hydrogens is 368 g/mol. The number of benzene rings is 3. The Labute approximate surface area is 169 Å². The summed E-state index contributed by atoms with van der Waals surface area (Å²) in [7, 11) is 4.72. The maximum Gasteiger partial charge on any atom is 0.175 e. The molecule has 0 spiro atoms. The molecule has 0 saturated heterocycles. The summed E-state index contributed by atoms with van der Waals surface area (Å²) in [5, 5.41) is 0. The average Bonchev–Trinajstić information content (AvgIpc) is 2.78. The van der Waals surface area contributed by atoms with Crippen molar-refractivity contribution >= 4 is 5.78 Å². The molecule has 1 aliphatic heterocycles. The van der Waals surface area contributed by atoms with Gasteiger partial charge in [0.05, 0.1) is 27.8 Å². The van der Waals surface area contributed by atoms with Crippen LogP contribution >= 0.6 is 0 Å². The van der Waals surface area contributed by atoms with E-state index >= 15 is 0 Å². The number of ketones is 1. The van der Waals surface area contributed by atoms with Crippen LogP contribution in [0.25, 0.3) is 0 Å². The molecule has 0 radical (unpaired) electrons. The second-order valence-corrected chi connectivity index (χ2v) is 6.83. The molecule has 0 aliphatic carbocycles. The van der Waals surface area contributed by atoms with Crippen LogP contribution in [0.1, 0.15) is 27.9 Å². The van der Waals surface area contributed by atoms with E-state index in [9.17, 15) is 4.79 Å². The van der Waals surface area contributed by atoms with Crippen molar-refractivity contribution in [1.82, 2.24) is 0 Å². The minimum absolute atomic E-state index is 0.0579. The molecule has 1 unspecified atom stereocenters. The van der Waals surface area contributed by atoms with E-state index in [-0.39, 0.29) is 12.2 Å². The van der Waals surface area contributed by atoms with Crippen LogP contribution in [0.2, 0.25) is 0 Å². The van der Waals surface area contributed by atoms with Crippen molar-refractivity contribution < 1.29 is 23.7 Å².